The molecule has 1 fully saturated rings. The van der Waals surface area contributed by atoms with Gasteiger partial charge >= 0.3 is 0 Å². The molecule has 0 saturated heterocycles. The van der Waals surface area contributed by atoms with Crippen molar-refractivity contribution in [3.63, 3.8) is 0 Å². The molecule has 0 bridgehead atoms. The first-order valence-electron chi connectivity index (χ1n) is 6.93. The van der Waals surface area contributed by atoms with Crippen molar-refractivity contribution in [3.8, 4) is 0 Å². The van der Waals surface area contributed by atoms with Crippen molar-refractivity contribution in [2.45, 2.75) is 31.7 Å². The maximum atomic E-state index is 13.7. The third-order valence-electron chi connectivity index (χ3n) is 4.11. The molecule has 1 saturated carbocycles. The summed E-state index contributed by atoms with van der Waals surface area (Å²) in [7, 11) is 3.83. The third-order valence-corrected chi connectivity index (χ3v) is 4.11. The van der Waals surface area contributed by atoms with Crippen LogP contribution in [0.3, 0.4) is 0 Å². The van der Waals surface area contributed by atoms with Crippen molar-refractivity contribution < 1.29 is 8.78 Å². The number of benzene rings is 1. The van der Waals surface area contributed by atoms with Crippen molar-refractivity contribution >= 4 is 5.69 Å². The highest BCUT2D eigenvalue weighted by molar-refractivity contribution is 5.47. The SMILES string of the molecule is CNC1CCC(CN(C)c2cc(F)ccc2F)CC1. The van der Waals surface area contributed by atoms with Gasteiger partial charge in [-0.3, -0.25) is 0 Å². The van der Waals surface area contributed by atoms with E-state index in [4.69, 9.17) is 0 Å². The van der Waals surface area contributed by atoms with Gasteiger partial charge in [-0.2, -0.15) is 0 Å². The molecule has 0 spiro atoms. The highest BCUT2D eigenvalue weighted by Gasteiger charge is 2.22. The van der Waals surface area contributed by atoms with E-state index in [-0.39, 0.29) is 11.6 Å². The molecule has 0 radical (unpaired) electrons. The molecular formula is C15H22F2N2. The lowest BCUT2D eigenvalue weighted by atomic mass is 9.86. The highest BCUT2D eigenvalue weighted by Crippen LogP contribution is 2.27. The Morgan fingerprint density at radius 2 is 1.89 bits per heavy atom. The highest BCUT2D eigenvalue weighted by atomic mass is 19.1. The molecule has 1 N–H and O–H groups in total. The van der Waals surface area contributed by atoms with Gasteiger partial charge in [0.2, 0.25) is 0 Å². The Bertz CT molecular complexity index is 415. The molecule has 4 heteroatoms. The van der Waals surface area contributed by atoms with E-state index in [0.29, 0.717) is 17.6 Å². The first-order chi connectivity index (χ1) is 9.10. The Labute approximate surface area is 113 Å². The largest absolute Gasteiger partial charge is 0.372 e. The van der Waals surface area contributed by atoms with Crippen LogP contribution in [0.1, 0.15) is 25.7 Å². The van der Waals surface area contributed by atoms with Gasteiger partial charge in [0.1, 0.15) is 11.6 Å². The van der Waals surface area contributed by atoms with Crippen LogP contribution in [0.5, 0.6) is 0 Å². The van der Waals surface area contributed by atoms with Crippen LogP contribution in [0, 0.1) is 17.6 Å². The zero-order valence-electron chi connectivity index (χ0n) is 11.6. The lowest BCUT2D eigenvalue weighted by Crippen LogP contribution is -2.34. The molecule has 1 aromatic rings. The molecule has 1 aliphatic carbocycles. The van der Waals surface area contributed by atoms with Gasteiger partial charge in [-0.15, -0.1) is 0 Å². The van der Waals surface area contributed by atoms with E-state index in [0.717, 1.165) is 25.5 Å². The van der Waals surface area contributed by atoms with Gasteiger partial charge in [0.05, 0.1) is 5.69 Å². The van der Waals surface area contributed by atoms with Crippen LogP contribution >= 0.6 is 0 Å². The molecule has 0 heterocycles. The number of anilines is 1. The van der Waals surface area contributed by atoms with E-state index in [9.17, 15) is 8.78 Å². The summed E-state index contributed by atoms with van der Waals surface area (Å²) in [6.07, 6.45) is 4.63. The number of hydrogen-bond donors (Lipinski definition) is 1. The molecular weight excluding hydrogens is 246 g/mol. The second-order valence-corrected chi connectivity index (χ2v) is 5.48. The molecule has 106 valence electrons. The second-order valence-electron chi connectivity index (χ2n) is 5.48. The lowest BCUT2D eigenvalue weighted by molar-refractivity contribution is 0.304. The average molecular weight is 268 g/mol. The Hall–Kier alpha value is -1.16. The van der Waals surface area contributed by atoms with Gasteiger partial charge in [-0.1, -0.05) is 0 Å². The fraction of sp³-hybridized carbons (Fsp3) is 0.600. The Morgan fingerprint density at radius 3 is 2.53 bits per heavy atom. The van der Waals surface area contributed by atoms with Crippen LogP contribution in [0.15, 0.2) is 18.2 Å². The predicted molar refractivity (Wildman–Crippen MR) is 74.4 cm³/mol. The maximum absolute atomic E-state index is 13.7. The molecule has 2 rings (SSSR count). The first kappa shape index (κ1) is 14.3. The van der Waals surface area contributed by atoms with Crippen LogP contribution in [-0.4, -0.2) is 26.7 Å². The summed E-state index contributed by atoms with van der Waals surface area (Å²) in [6.45, 7) is 0.788. The van der Waals surface area contributed by atoms with E-state index in [1.165, 1.54) is 25.0 Å². The van der Waals surface area contributed by atoms with Gasteiger partial charge < -0.3 is 10.2 Å². The molecule has 0 unspecified atom stereocenters. The zero-order valence-corrected chi connectivity index (χ0v) is 11.6. The Morgan fingerprint density at radius 1 is 1.21 bits per heavy atom. The van der Waals surface area contributed by atoms with Crippen LogP contribution < -0.4 is 10.2 Å². The minimum Gasteiger partial charge on any atom is -0.372 e. The summed E-state index contributed by atoms with van der Waals surface area (Å²) in [4.78, 5) is 1.84. The molecule has 0 aromatic heterocycles. The second kappa shape index (κ2) is 6.33. The zero-order chi connectivity index (χ0) is 13.8. The van der Waals surface area contributed by atoms with Crippen LogP contribution in [0.25, 0.3) is 0 Å². The summed E-state index contributed by atoms with van der Waals surface area (Å²) < 4.78 is 26.9. The monoisotopic (exact) mass is 268 g/mol. The predicted octanol–water partition coefficient (Wildman–Crippen LogP) is 3.18. The molecule has 19 heavy (non-hydrogen) atoms. The minimum absolute atomic E-state index is 0.354. The minimum atomic E-state index is -0.387. The summed E-state index contributed by atoms with van der Waals surface area (Å²) in [6, 6.07) is 4.24. The van der Waals surface area contributed by atoms with Crippen LogP contribution in [0.2, 0.25) is 0 Å². The molecule has 0 atom stereocenters. The summed E-state index contributed by atoms with van der Waals surface area (Å²) in [5, 5.41) is 3.30. The molecule has 0 aliphatic heterocycles. The quantitative estimate of drug-likeness (QED) is 0.902. The van der Waals surface area contributed by atoms with E-state index in [2.05, 4.69) is 5.32 Å². The van der Waals surface area contributed by atoms with Gasteiger partial charge in [0, 0.05) is 25.7 Å². The van der Waals surface area contributed by atoms with Crippen LogP contribution in [0.4, 0.5) is 14.5 Å². The van der Waals surface area contributed by atoms with Crippen molar-refractivity contribution in [2.75, 3.05) is 25.5 Å². The van der Waals surface area contributed by atoms with E-state index in [1.54, 1.807) is 0 Å². The fourth-order valence-corrected chi connectivity index (χ4v) is 2.90. The Kier molecular flexibility index (Phi) is 4.75. The number of nitrogens with one attached hydrogen (secondary N) is 1. The number of rotatable bonds is 4. The molecule has 0 amide bonds. The van der Waals surface area contributed by atoms with E-state index < -0.39 is 0 Å². The third kappa shape index (κ3) is 3.66. The van der Waals surface area contributed by atoms with Crippen molar-refractivity contribution in [1.82, 2.24) is 5.32 Å². The van der Waals surface area contributed by atoms with Gasteiger partial charge in [0.15, 0.2) is 0 Å². The molecule has 1 aromatic carbocycles. The van der Waals surface area contributed by atoms with Crippen molar-refractivity contribution in [2.24, 2.45) is 5.92 Å². The van der Waals surface area contributed by atoms with Gasteiger partial charge in [0.25, 0.3) is 0 Å². The summed E-state index contributed by atoms with van der Waals surface area (Å²) in [5.74, 6) is -0.174. The number of hydrogen-bond acceptors (Lipinski definition) is 2. The van der Waals surface area contributed by atoms with Gasteiger partial charge in [-0.05, 0) is 50.8 Å². The van der Waals surface area contributed by atoms with Crippen LogP contribution in [-0.2, 0) is 0 Å². The van der Waals surface area contributed by atoms with E-state index >= 15 is 0 Å². The normalized spacial score (nSPS) is 23.4. The number of halogens is 2. The lowest BCUT2D eigenvalue weighted by Gasteiger charge is -2.32. The molecule has 2 nitrogen and oxygen atoms in total. The van der Waals surface area contributed by atoms with Crippen molar-refractivity contribution in [3.05, 3.63) is 29.8 Å². The fourth-order valence-electron chi connectivity index (χ4n) is 2.90. The van der Waals surface area contributed by atoms with Crippen molar-refractivity contribution in [1.29, 1.82) is 0 Å². The first-order valence-corrected chi connectivity index (χ1v) is 6.93. The Balaban J connectivity index is 1.94. The number of nitrogens with zero attached hydrogens (tertiary/aromatic N) is 1. The smallest absolute Gasteiger partial charge is 0.146 e. The summed E-state index contributed by atoms with van der Waals surface area (Å²) in [5.41, 5.74) is 0.357. The maximum Gasteiger partial charge on any atom is 0.146 e. The van der Waals surface area contributed by atoms with E-state index in [1.807, 2.05) is 19.0 Å². The summed E-state index contributed by atoms with van der Waals surface area (Å²) >= 11 is 0. The molecule has 1 aliphatic rings. The average Bonchev–Trinajstić information content (AvgIpc) is 2.42. The standard InChI is InChI=1S/C15H22F2N2/c1-18-13-6-3-11(4-7-13)10-19(2)15-9-12(16)5-8-14(15)17/h5,8-9,11,13,18H,3-4,6-7,10H2,1-2H3. The van der Waals surface area contributed by atoms with Gasteiger partial charge in [-0.25, -0.2) is 8.78 Å². The topological polar surface area (TPSA) is 15.3 Å².